The lowest BCUT2D eigenvalue weighted by Gasteiger charge is -2.25. The van der Waals surface area contributed by atoms with Crippen LogP contribution in [0.2, 0.25) is 5.02 Å². The molecule has 5 rings (SSSR count). The molecular weight excluding hydrogens is 529 g/mol. The fraction of sp³-hybridized carbons (Fsp3) is 0.200. The number of rotatable bonds is 4. The van der Waals surface area contributed by atoms with E-state index in [1.165, 1.54) is 28.6 Å². The third kappa shape index (κ3) is 5.28. The molecule has 3 heterocycles. The molecule has 0 unspecified atom stereocenters. The summed E-state index contributed by atoms with van der Waals surface area (Å²) in [5, 5.41) is 14.6. The summed E-state index contributed by atoms with van der Waals surface area (Å²) in [6.45, 7) is 0.734. The highest BCUT2D eigenvalue weighted by atomic mass is 35.5. The standard InChI is InChI=1S/C25H18ClF3N4O3S/c26-18-3-2-16(19(11-18)25(27,28)29)13-33-20-4-1-14(9-17(20)12-30-33)10-21-22(34)31-24(37-21)32-7-5-15(6-8-32)23(35)36/h1-5,9-12H,6-8,13H2,(H,35,36)/b21-10-. The Hall–Kier alpha value is -3.57. The summed E-state index contributed by atoms with van der Waals surface area (Å²) >= 11 is 7.00. The van der Waals surface area contributed by atoms with Crippen LogP contribution in [0.3, 0.4) is 0 Å². The summed E-state index contributed by atoms with van der Waals surface area (Å²) in [6, 6.07) is 8.97. The lowest BCUT2D eigenvalue weighted by atomic mass is 10.1. The van der Waals surface area contributed by atoms with Crippen molar-refractivity contribution in [1.29, 1.82) is 0 Å². The number of halogens is 4. The van der Waals surface area contributed by atoms with E-state index < -0.39 is 17.7 Å². The molecular formula is C25H18ClF3N4O3S. The highest BCUT2D eigenvalue weighted by Crippen LogP contribution is 2.35. The highest BCUT2D eigenvalue weighted by molar-refractivity contribution is 8.18. The number of carbonyl (C=O) groups is 2. The van der Waals surface area contributed by atoms with Crippen LogP contribution in [0, 0.1) is 0 Å². The predicted octanol–water partition coefficient (Wildman–Crippen LogP) is 5.44. The summed E-state index contributed by atoms with van der Waals surface area (Å²) in [5.41, 5.74) is 0.951. The monoisotopic (exact) mass is 546 g/mol. The average Bonchev–Trinajstić information content (AvgIpc) is 3.42. The van der Waals surface area contributed by atoms with Crippen molar-refractivity contribution >= 4 is 57.4 Å². The van der Waals surface area contributed by atoms with Gasteiger partial charge in [-0.05, 0) is 59.7 Å². The SMILES string of the molecule is O=C(O)C1=CCN(C2=NC(=O)/C(=C/c3ccc4c(cnn4Cc4ccc(Cl)cc4C(F)(F)F)c3)S2)CC1. The van der Waals surface area contributed by atoms with E-state index in [2.05, 4.69) is 10.1 Å². The molecule has 2 aliphatic rings. The van der Waals surface area contributed by atoms with E-state index in [4.69, 9.17) is 16.7 Å². The van der Waals surface area contributed by atoms with Gasteiger partial charge in [-0.15, -0.1) is 0 Å². The van der Waals surface area contributed by atoms with Crippen LogP contribution >= 0.6 is 23.4 Å². The third-order valence-electron chi connectivity index (χ3n) is 6.02. The molecule has 12 heteroatoms. The largest absolute Gasteiger partial charge is 0.478 e. The van der Waals surface area contributed by atoms with E-state index in [1.54, 1.807) is 36.5 Å². The Morgan fingerprint density at radius 2 is 2.03 bits per heavy atom. The Morgan fingerprint density at radius 1 is 1.22 bits per heavy atom. The molecule has 0 aliphatic carbocycles. The van der Waals surface area contributed by atoms with Crippen LogP contribution in [0.5, 0.6) is 0 Å². The maximum atomic E-state index is 13.5. The fourth-order valence-corrected chi connectivity index (χ4v) is 5.28. The van der Waals surface area contributed by atoms with Gasteiger partial charge in [0.05, 0.1) is 28.7 Å². The van der Waals surface area contributed by atoms with Crippen molar-refractivity contribution in [1.82, 2.24) is 14.7 Å². The van der Waals surface area contributed by atoms with E-state index in [0.717, 1.165) is 6.07 Å². The number of carboxylic acid groups (broad SMARTS) is 1. The summed E-state index contributed by atoms with van der Waals surface area (Å²) in [5.74, 6) is -1.32. The van der Waals surface area contributed by atoms with Gasteiger partial charge >= 0.3 is 12.1 Å². The second-order valence-electron chi connectivity index (χ2n) is 8.46. The maximum absolute atomic E-state index is 13.5. The van der Waals surface area contributed by atoms with Crippen LogP contribution in [0.25, 0.3) is 17.0 Å². The van der Waals surface area contributed by atoms with Gasteiger partial charge in [0.15, 0.2) is 5.17 Å². The summed E-state index contributed by atoms with van der Waals surface area (Å²) in [7, 11) is 0. The van der Waals surface area contributed by atoms with Gasteiger partial charge in [-0.1, -0.05) is 29.8 Å². The number of hydrogen-bond acceptors (Lipinski definition) is 5. The molecule has 3 aromatic rings. The highest BCUT2D eigenvalue weighted by Gasteiger charge is 2.34. The number of carboxylic acids is 1. The molecule has 0 radical (unpaired) electrons. The van der Waals surface area contributed by atoms with Gasteiger partial charge in [-0.2, -0.15) is 23.3 Å². The molecule has 7 nitrogen and oxygen atoms in total. The van der Waals surface area contributed by atoms with Crippen LogP contribution in [-0.2, 0) is 22.3 Å². The lowest BCUT2D eigenvalue weighted by Crippen LogP contribution is -2.33. The van der Waals surface area contributed by atoms with Crippen molar-refractivity contribution in [3.63, 3.8) is 0 Å². The number of amides is 1. The number of amidine groups is 1. The normalized spacial score (nSPS) is 17.5. The first-order valence-corrected chi connectivity index (χ1v) is 12.3. The predicted molar refractivity (Wildman–Crippen MR) is 135 cm³/mol. The maximum Gasteiger partial charge on any atom is 0.416 e. The summed E-state index contributed by atoms with van der Waals surface area (Å²) in [6.07, 6.45) is 0.700. The van der Waals surface area contributed by atoms with Crippen molar-refractivity contribution < 1.29 is 27.9 Å². The lowest BCUT2D eigenvalue weighted by molar-refractivity contribution is -0.138. The zero-order valence-electron chi connectivity index (χ0n) is 19.0. The fourth-order valence-electron chi connectivity index (χ4n) is 4.15. The van der Waals surface area contributed by atoms with Gasteiger partial charge < -0.3 is 10.0 Å². The van der Waals surface area contributed by atoms with Crippen LogP contribution in [0.1, 0.15) is 23.1 Å². The van der Waals surface area contributed by atoms with Crippen LogP contribution < -0.4 is 0 Å². The Balaban J connectivity index is 1.34. The first-order chi connectivity index (χ1) is 17.6. The van der Waals surface area contributed by atoms with Crippen molar-refractivity contribution in [3.05, 3.63) is 80.9 Å². The molecule has 2 aromatic carbocycles. The number of alkyl halides is 3. The Labute approximate surface area is 217 Å². The van der Waals surface area contributed by atoms with Crippen LogP contribution in [0.4, 0.5) is 13.2 Å². The number of thioether (sulfide) groups is 1. The third-order valence-corrected chi connectivity index (χ3v) is 7.30. The van der Waals surface area contributed by atoms with Gasteiger partial charge in [-0.25, -0.2) is 4.79 Å². The zero-order chi connectivity index (χ0) is 26.3. The molecule has 0 fully saturated rings. The van der Waals surface area contributed by atoms with Gasteiger partial charge in [0.25, 0.3) is 5.91 Å². The smallest absolute Gasteiger partial charge is 0.416 e. The molecule has 37 heavy (non-hydrogen) atoms. The van der Waals surface area contributed by atoms with Crippen LogP contribution in [-0.4, -0.2) is 49.9 Å². The van der Waals surface area contributed by atoms with Crippen molar-refractivity contribution in [2.24, 2.45) is 4.99 Å². The van der Waals surface area contributed by atoms with E-state index in [9.17, 15) is 22.8 Å². The first-order valence-electron chi connectivity index (χ1n) is 11.1. The van der Waals surface area contributed by atoms with Gasteiger partial charge in [0, 0.05) is 29.1 Å². The van der Waals surface area contributed by atoms with Crippen LogP contribution in [0.15, 0.2) is 64.1 Å². The molecule has 0 saturated carbocycles. The number of benzene rings is 2. The number of hydrogen-bond donors (Lipinski definition) is 1. The number of aromatic nitrogens is 2. The second-order valence-corrected chi connectivity index (χ2v) is 9.91. The van der Waals surface area contributed by atoms with Crippen molar-refractivity contribution in [2.75, 3.05) is 13.1 Å². The number of aliphatic carboxylic acids is 1. The molecule has 1 amide bonds. The van der Waals surface area contributed by atoms with Gasteiger partial charge in [0.1, 0.15) is 0 Å². The number of nitrogens with zero attached hydrogens (tertiary/aromatic N) is 4. The van der Waals surface area contributed by atoms with Gasteiger partial charge in [0.2, 0.25) is 0 Å². The molecule has 0 atom stereocenters. The molecule has 0 spiro atoms. The second kappa shape index (κ2) is 9.71. The molecule has 0 bridgehead atoms. The molecule has 2 aliphatic heterocycles. The first kappa shape index (κ1) is 25.1. The quantitative estimate of drug-likeness (QED) is 0.438. The molecule has 0 saturated heterocycles. The van der Waals surface area contributed by atoms with Gasteiger partial charge in [-0.3, -0.25) is 9.48 Å². The zero-order valence-corrected chi connectivity index (χ0v) is 20.6. The Bertz CT molecular complexity index is 1530. The minimum Gasteiger partial charge on any atom is -0.478 e. The summed E-state index contributed by atoms with van der Waals surface area (Å²) < 4.78 is 41.9. The van der Waals surface area contributed by atoms with E-state index in [1.807, 2.05) is 4.90 Å². The van der Waals surface area contributed by atoms with Crippen molar-refractivity contribution in [2.45, 2.75) is 19.1 Å². The minimum atomic E-state index is -4.54. The number of carbonyl (C=O) groups excluding carboxylic acids is 1. The van der Waals surface area contributed by atoms with E-state index in [-0.39, 0.29) is 23.0 Å². The number of aliphatic imine (C=N–C) groups is 1. The van der Waals surface area contributed by atoms with E-state index in [0.29, 0.717) is 51.6 Å². The van der Waals surface area contributed by atoms with E-state index >= 15 is 0 Å². The Morgan fingerprint density at radius 3 is 2.73 bits per heavy atom. The average molecular weight is 547 g/mol. The summed E-state index contributed by atoms with van der Waals surface area (Å²) in [4.78, 5) is 30.0. The molecule has 1 N–H and O–H groups in total. The Kier molecular flexibility index (Phi) is 6.59. The molecule has 190 valence electrons. The molecule has 1 aromatic heterocycles. The minimum absolute atomic E-state index is 0.00677. The van der Waals surface area contributed by atoms with Crippen molar-refractivity contribution in [3.8, 4) is 0 Å². The topological polar surface area (TPSA) is 87.8 Å². The number of fused-ring (bicyclic) bond motifs is 1.